The van der Waals surface area contributed by atoms with Crippen molar-refractivity contribution in [3.05, 3.63) is 70.0 Å². The van der Waals surface area contributed by atoms with E-state index in [0.29, 0.717) is 22.1 Å². The predicted molar refractivity (Wildman–Crippen MR) is 113 cm³/mol. The summed E-state index contributed by atoms with van der Waals surface area (Å²) in [6, 6.07) is 9.48. The molecule has 8 heteroatoms. The Kier molecular flexibility index (Phi) is 5.77. The van der Waals surface area contributed by atoms with E-state index in [9.17, 15) is 23.9 Å². The van der Waals surface area contributed by atoms with Gasteiger partial charge in [-0.3, -0.25) is 4.79 Å². The van der Waals surface area contributed by atoms with E-state index in [2.05, 4.69) is 5.32 Å². The van der Waals surface area contributed by atoms with E-state index in [1.54, 1.807) is 31.4 Å². The van der Waals surface area contributed by atoms with E-state index < -0.39 is 17.5 Å². The number of aliphatic carboxylic acids is 1. The maximum absolute atomic E-state index is 13.3. The van der Waals surface area contributed by atoms with Gasteiger partial charge in [-0.15, -0.1) is 0 Å². The minimum absolute atomic E-state index is 0.158. The Morgan fingerprint density at radius 1 is 1.09 bits per heavy atom. The van der Waals surface area contributed by atoms with Crippen LogP contribution in [0.2, 0.25) is 0 Å². The lowest BCUT2D eigenvalue weighted by atomic mass is 9.99. The number of hydrogen-bond donors (Lipinski definition) is 1. The van der Waals surface area contributed by atoms with Crippen molar-refractivity contribution >= 4 is 33.8 Å². The smallest absolute Gasteiger partial charge is 0.340 e. The van der Waals surface area contributed by atoms with Gasteiger partial charge in [0, 0.05) is 34.9 Å². The number of furan rings is 1. The lowest BCUT2D eigenvalue weighted by Gasteiger charge is -2.09. The van der Waals surface area contributed by atoms with Crippen molar-refractivity contribution in [3.8, 4) is 11.1 Å². The average molecular weight is 436 g/mol. The molecular formula is C24H19FNO6-. The molecule has 0 aliphatic carbocycles. The van der Waals surface area contributed by atoms with Crippen molar-refractivity contribution in [1.29, 1.82) is 0 Å². The Morgan fingerprint density at radius 3 is 2.56 bits per heavy atom. The highest BCUT2D eigenvalue weighted by Gasteiger charge is 2.17. The molecule has 0 saturated carbocycles. The predicted octanol–water partition coefficient (Wildman–Crippen LogP) is 2.84. The lowest BCUT2D eigenvalue weighted by molar-refractivity contribution is -0.305. The number of fused-ring (bicyclic) bond motifs is 2. The summed E-state index contributed by atoms with van der Waals surface area (Å²) in [7, 11) is 0. The number of carboxylic acid groups (broad SMARTS) is 1. The molecule has 0 bridgehead atoms. The highest BCUT2D eigenvalue weighted by molar-refractivity contribution is 6.02. The van der Waals surface area contributed by atoms with Gasteiger partial charge < -0.3 is 24.1 Å². The number of rotatable bonds is 7. The molecule has 164 valence electrons. The third kappa shape index (κ3) is 4.25. The third-order valence-electron chi connectivity index (χ3n) is 5.35. The van der Waals surface area contributed by atoms with Crippen LogP contribution < -0.4 is 16.0 Å². The zero-order valence-electron chi connectivity index (χ0n) is 17.2. The Morgan fingerprint density at radius 2 is 1.84 bits per heavy atom. The van der Waals surface area contributed by atoms with Gasteiger partial charge >= 0.3 is 5.63 Å². The van der Waals surface area contributed by atoms with Gasteiger partial charge in [0.25, 0.3) is 0 Å². The number of carboxylic acids is 1. The van der Waals surface area contributed by atoms with Crippen LogP contribution >= 0.6 is 0 Å². The Bertz CT molecular complexity index is 1380. The fourth-order valence-corrected chi connectivity index (χ4v) is 3.65. The zero-order valence-corrected chi connectivity index (χ0v) is 17.2. The quantitative estimate of drug-likeness (QED) is 0.352. The number of carbonyl (C=O) groups excluding carboxylic acids is 2. The van der Waals surface area contributed by atoms with Crippen LogP contribution in [0.3, 0.4) is 0 Å². The minimum atomic E-state index is -1.18. The summed E-state index contributed by atoms with van der Waals surface area (Å²) in [6.45, 7) is 1.91. The Labute approximate surface area is 181 Å². The van der Waals surface area contributed by atoms with Gasteiger partial charge in [-0.25, -0.2) is 9.18 Å². The molecule has 7 nitrogen and oxygen atoms in total. The molecule has 0 spiro atoms. The van der Waals surface area contributed by atoms with Crippen molar-refractivity contribution < 1.29 is 27.9 Å². The van der Waals surface area contributed by atoms with Crippen LogP contribution in [0.5, 0.6) is 0 Å². The van der Waals surface area contributed by atoms with E-state index >= 15 is 0 Å². The summed E-state index contributed by atoms with van der Waals surface area (Å²) in [4.78, 5) is 35.2. The fourth-order valence-electron chi connectivity index (χ4n) is 3.65. The van der Waals surface area contributed by atoms with Gasteiger partial charge in [-0.2, -0.15) is 0 Å². The van der Waals surface area contributed by atoms with Crippen LogP contribution in [-0.4, -0.2) is 18.4 Å². The summed E-state index contributed by atoms with van der Waals surface area (Å²) in [5.74, 6) is -1.93. The Balaban J connectivity index is 1.68. The second kappa shape index (κ2) is 8.66. The molecule has 0 saturated heterocycles. The number of amides is 1. The summed E-state index contributed by atoms with van der Waals surface area (Å²) in [6.07, 6.45) is 1.45. The van der Waals surface area contributed by atoms with E-state index in [1.807, 2.05) is 6.07 Å². The lowest BCUT2D eigenvalue weighted by Crippen LogP contribution is -2.30. The molecule has 2 aromatic heterocycles. The number of aryl methyl sites for hydroxylation is 1. The molecule has 4 aromatic rings. The summed E-state index contributed by atoms with van der Waals surface area (Å²) in [5.41, 5.74) is 2.59. The summed E-state index contributed by atoms with van der Waals surface area (Å²) >= 11 is 0. The van der Waals surface area contributed by atoms with Crippen molar-refractivity contribution in [3.63, 3.8) is 0 Å². The van der Waals surface area contributed by atoms with Crippen LogP contribution in [0.25, 0.3) is 33.1 Å². The Hall–Kier alpha value is -3.94. The SMILES string of the molecule is Cc1c(CC(=O)NCCCC(=O)[O-])c(=O)oc2cc3occ(-c4ccc(F)cc4)c3cc12. The molecule has 0 fully saturated rings. The van der Waals surface area contributed by atoms with Crippen molar-refractivity contribution in [2.75, 3.05) is 6.54 Å². The molecule has 1 N–H and O–H groups in total. The van der Waals surface area contributed by atoms with E-state index in [1.165, 1.54) is 12.1 Å². The van der Waals surface area contributed by atoms with E-state index in [4.69, 9.17) is 8.83 Å². The first kappa shape index (κ1) is 21.3. The van der Waals surface area contributed by atoms with Crippen LogP contribution in [0.4, 0.5) is 4.39 Å². The van der Waals surface area contributed by atoms with Crippen molar-refractivity contribution in [1.82, 2.24) is 5.32 Å². The largest absolute Gasteiger partial charge is 0.550 e. The molecule has 0 radical (unpaired) electrons. The van der Waals surface area contributed by atoms with E-state index in [0.717, 1.165) is 16.5 Å². The van der Waals surface area contributed by atoms with Crippen LogP contribution in [-0.2, 0) is 16.0 Å². The minimum Gasteiger partial charge on any atom is -0.550 e. The molecule has 2 aromatic carbocycles. The highest BCUT2D eigenvalue weighted by Crippen LogP contribution is 2.34. The highest BCUT2D eigenvalue weighted by atomic mass is 19.1. The van der Waals surface area contributed by atoms with Gasteiger partial charge in [0.2, 0.25) is 5.91 Å². The number of benzene rings is 2. The van der Waals surface area contributed by atoms with Gasteiger partial charge in [-0.05, 0) is 49.1 Å². The van der Waals surface area contributed by atoms with Crippen LogP contribution in [0.1, 0.15) is 24.0 Å². The monoisotopic (exact) mass is 436 g/mol. The molecule has 0 atom stereocenters. The summed E-state index contributed by atoms with van der Waals surface area (Å²) in [5, 5.41) is 14.5. The van der Waals surface area contributed by atoms with Crippen LogP contribution in [0.15, 0.2) is 56.3 Å². The standard InChI is InChI=1S/C24H20FNO6/c1-13-16-9-18-19(14-4-6-15(25)7-5-14)12-31-20(18)11-21(16)32-24(30)17(13)10-22(27)26-8-2-3-23(28)29/h4-7,9,11-12H,2-3,8,10H2,1H3,(H,26,27)(H,28,29)/p-1. The maximum atomic E-state index is 13.3. The van der Waals surface area contributed by atoms with Crippen molar-refractivity contribution in [2.45, 2.75) is 26.2 Å². The first-order chi connectivity index (χ1) is 15.3. The molecule has 4 rings (SSSR count). The van der Waals surface area contributed by atoms with Gasteiger partial charge in [0.05, 0.1) is 18.2 Å². The molecule has 0 aliphatic rings. The second-order valence-electron chi connectivity index (χ2n) is 7.50. The third-order valence-corrected chi connectivity index (χ3v) is 5.35. The normalized spacial score (nSPS) is 11.2. The molecule has 32 heavy (non-hydrogen) atoms. The molecule has 1 amide bonds. The zero-order chi connectivity index (χ0) is 22.8. The molecule has 0 unspecified atom stereocenters. The number of halogens is 1. The van der Waals surface area contributed by atoms with Gasteiger partial charge in [0.1, 0.15) is 17.0 Å². The fraction of sp³-hybridized carbons (Fsp3) is 0.208. The first-order valence-electron chi connectivity index (χ1n) is 10.0. The maximum Gasteiger partial charge on any atom is 0.340 e. The number of hydrogen-bond acceptors (Lipinski definition) is 6. The van der Waals surface area contributed by atoms with Gasteiger partial charge in [0.15, 0.2) is 0 Å². The van der Waals surface area contributed by atoms with Gasteiger partial charge in [-0.1, -0.05) is 12.1 Å². The number of nitrogens with one attached hydrogen (secondary N) is 1. The molecular weight excluding hydrogens is 417 g/mol. The topological polar surface area (TPSA) is 113 Å². The average Bonchev–Trinajstić information content (AvgIpc) is 3.16. The second-order valence-corrected chi connectivity index (χ2v) is 7.50. The first-order valence-corrected chi connectivity index (χ1v) is 10.0. The van der Waals surface area contributed by atoms with E-state index in [-0.39, 0.29) is 37.2 Å². The molecule has 0 aliphatic heterocycles. The summed E-state index contributed by atoms with van der Waals surface area (Å²) < 4.78 is 24.4. The van der Waals surface area contributed by atoms with Crippen LogP contribution in [0, 0.1) is 12.7 Å². The van der Waals surface area contributed by atoms with Crippen molar-refractivity contribution in [2.24, 2.45) is 0 Å². The number of carbonyl (C=O) groups is 2. The molecule has 2 heterocycles.